The highest BCUT2D eigenvalue weighted by atomic mass is 16.4. The van der Waals surface area contributed by atoms with Crippen molar-refractivity contribution in [1.82, 2.24) is 0 Å². The SMILES string of the molecule is N/C(=N/O)c1ccc(-c2cc(O)cc(-c3ccc(/C(N)=N\O)cc3)c2)cc1. The molecule has 0 aliphatic carbocycles. The molecule has 0 atom stereocenters. The van der Waals surface area contributed by atoms with Crippen molar-refractivity contribution >= 4 is 11.7 Å². The Hall–Kier alpha value is -4.00. The Balaban J connectivity index is 1.97. The number of phenolic OH excluding ortho intramolecular Hbond substituents is 1. The Morgan fingerprint density at radius 3 is 1.30 bits per heavy atom. The molecule has 3 aromatic carbocycles. The van der Waals surface area contributed by atoms with E-state index in [9.17, 15) is 5.11 Å². The lowest BCUT2D eigenvalue weighted by Gasteiger charge is -2.09. The molecule has 3 rings (SSSR count). The van der Waals surface area contributed by atoms with Crippen LogP contribution in [0.1, 0.15) is 11.1 Å². The van der Waals surface area contributed by atoms with Gasteiger partial charge in [-0.25, -0.2) is 0 Å². The van der Waals surface area contributed by atoms with Gasteiger partial charge < -0.3 is 27.0 Å². The third-order valence-electron chi connectivity index (χ3n) is 4.16. The summed E-state index contributed by atoms with van der Waals surface area (Å²) >= 11 is 0. The van der Waals surface area contributed by atoms with E-state index in [0.29, 0.717) is 11.1 Å². The Bertz CT molecular complexity index is 931. The van der Waals surface area contributed by atoms with Crippen molar-refractivity contribution in [1.29, 1.82) is 0 Å². The number of phenols is 1. The summed E-state index contributed by atoms with van der Waals surface area (Å²) in [6, 6.07) is 19.5. The van der Waals surface area contributed by atoms with Gasteiger partial charge in [-0.2, -0.15) is 0 Å². The lowest BCUT2D eigenvalue weighted by atomic mass is 9.97. The van der Waals surface area contributed by atoms with Crippen LogP contribution in [0.3, 0.4) is 0 Å². The van der Waals surface area contributed by atoms with Gasteiger partial charge in [-0.3, -0.25) is 0 Å². The molecule has 3 aromatic rings. The van der Waals surface area contributed by atoms with Gasteiger partial charge in [0, 0.05) is 11.1 Å². The van der Waals surface area contributed by atoms with Crippen LogP contribution < -0.4 is 11.5 Å². The fraction of sp³-hybridized carbons (Fsp3) is 0. The highest BCUT2D eigenvalue weighted by Crippen LogP contribution is 2.31. The van der Waals surface area contributed by atoms with Crippen LogP contribution in [0.2, 0.25) is 0 Å². The minimum atomic E-state index is 0.0314. The van der Waals surface area contributed by atoms with Gasteiger partial charge in [-0.1, -0.05) is 58.8 Å². The molecule has 0 aromatic heterocycles. The summed E-state index contributed by atoms with van der Waals surface area (Å²) in [4.78, 5) is 0. The third kappa shape index (κ3) is 3.82. The van der Waals surface area contributed by atoms with E-state index in [0.717, 1.165) is 22.3 Å². The molecule has 7 N–H and O–H groups in total. The van der Waals surface area contributed by atoms with Crippen molar-refractivity contribution < 1.29 is 15.5 Å². The predicted molar refractivity (Wildman–Crippen MR) is 104 cm³/mol. The van der Waals surface area contributed by atoms with E-state index in [4.69, 9.17) is 21.9 Å². The number of aromatic hydroxyl groups is 1. The molecule has 7 heteroatoms. The number of hydrogen-bond acceptors (Lipinski definition) is 5. The van der Waals surface area contributed by atoms with Gasteiger partial charge in [0.15, 0.2) is 11.7 Å². The van der Waals surface area contributed by atoms with Crippen LogP contribution in [0.4, 0.5) is 0 Å². The average Bonchev–Trinajstić information content (AvgIpc) is 2.72. The number of nitrogens with two attached hydrogens (primary N) is 2. The first-order valence-corrected chi connectivity index (χ1v) is 8.02. The second-order valence-corrected chi connectivity index (χ2v) is 5.89. The van der Waals surface area contributed by atoms with Crippen LogP contribution >= 0.6 is 0 Å². The highest BCUT2D eigenvalue weighted by molar-refractivity contribution is 5.98. The van der Waals surface area contributed by atoms with Crippen molar-refractivity contribution in [3.8, 4) is 28.0 Å². The molecular weight excluding hydrogens is 344 g/mol. The number of amidine groups is 2. The van der Waals surface area contributed by atoms with Gasteiger partial charge in [-0.15, -0.1) is 0 Å². The zero-order valence-corrected chi connectivity index (χ0v) is 14.2. The number of nitrogens with zero attached hydrogens (tertiary/aromatic N) is 2. The van der Waals surface area contributed by atoms with Crippen LogP contribution in [0.15, 0.2) is 77.0 Å². The van der Waals surface area contributed by atoms with Crippen molar-refractivity contribution in [2.75, 3.05) is 0 Å². The molecule has 27 heavy (non-hydrogen) atoms. The average molecular weight is 362 g/mol. The Morgan fingerprint density at radius 2 is 0.963 bits per heavy atom. The molecule has 0 radical (unpaired) electrons. The van der Waals surface area contributed by atoms with E-state index >= 15 is 0 Å². The first kappa shape index (κ1) is 17.8. The Labute approximate surface area is 155 Å². The Morgan fingerprint density at radius 1 is 0.593 bits per heavy atom. The van der Waals surface area contributed by atoms with Crippen molar-refractivity contribution in [3.63, 3.8) is 0 Å². The molecule has 0 aliphatic rings. The fourth-order valence-corrected chi connectivity index (χ4v) is 2.73. The summed E-state index contributed by atoms with van der Waals surface area (Å²) in [5.41, 5.74) is 15.7. The second-order valence-electron chi connectivity index (χ2n) is 5.89. The summed E-state index contributed by atoms with van der Waals surface area (Å²) in [5.74, 6) is 0.191. The van der Waals surface area contributed by atoms with Crippen LogP contribution in [0.25, 0.3) is 22.3 Å². The van der Waals surface area contributed by atoms with Gasteiger partial charge in [0.2, 0.25) is 0 Å². The van der Waals surface area contributed by atoms with E-state index in [1.165, 1.54) is 0 Å². The van der Waals surface area contributed by atoms with Crippen molar-refractivity contribution in [3.05, 3.63) is 77.9 Å². The molecule has 0 saturated carbocycles. The standard InChI is InChI=1S/C20H18N4O3/c21-19(23-26)14-5-1-12(2-6-14)16-9-17(11-18(25)10-16)13-3-7-15(8-4-13)20(22)24-27/h1-11,25-27H,(H2,21,23)(H2,22,24). The number of hydrogen-bond donors (Lipinski definition) is 5. The zero-order valence-electron chi connectivity index (χ0n) is 14.2. The number of benzene rings is 3. The van der Waals surface area contributed by atoms with Crippen molar-refractivity contribution in [2.45, 2.75) is 0 Å². The van der Waals surface area contributed by atoms with Gasteiger partial charge >= 0.3 is 0 Å². The van der Waals surface area contributed by atoms with E-state index in [1.54, 1.807) is 36.4 Å². The summed E-state index contributed by atoms with van der Waals surface area (Å²) in [7, 11) is 0. The minimum Gasteiger partial charge on any atom is -0.508 e. The number of oxime groups is 2. The fourth-order valence-electron chi connectivity index (χ4n) is 2.73. The van der Waals surface area contributed by atoms with Gasteiger partial charge in [0.1, 0.15) is 5.75 Å². The molecule has 7 nitrogen and oxygen atoms in total. The maximum atomic E-state index is 10.1. The monoisotopic (exact) mass is 362 g/mol. The van der Waals surface area contributed by atoms with E-state index < -0.39 is 0 Å². The molecule has 0 unspecified atom stereocenters. The molecule has 0 spiro atoms. The summed E-state index contributed by atoms with van der Waals surface area (Å²) in [6.07, 6.45) is 0. The first-order chi connectivity index (χ1) is 13.0. The zero-order chi connectivity index (χ0) is 19.4. The van der Waals surface area contributed by atoms with E-state index in [-0.39, 0.29) is 17.4 Å². The first-order valence-electron chi connectivity index (χ1n) is 8.02. The quantitative estimate of drug-likeness (QED) is 0.210. The summed E-state index contributed by atoms with van der Waals surface area (Å²) in [5, 5.41) is 33.6. The van der Waals surface area contributed by atoms with Crippen LogP contribution in [-0.2, 0) is 0 Å². The van der Waals surface area contributed by atoms with Crippen LogP contribution in [0.5, 0.6) is 5.75 Å². The lowest BCUT2D eigenvalue weighted by molar-refractivity contribution is 0.318. The molecule has 0 aliphatic heterocycles. The molecule has 0 amide bonds. The van der Waals surface area contributed by atoms with Gasteiger partial charge in [-0.05, 0) is 40.5 Å². The summed E-state index contributed by atoms with van der Waals surface area (Å²) < 4.78 is 0. The maximum Gasteiger partial charge on any atom is 0.170 e. The maximum absolute atomic E-state index is 10.1. The molecule has 0 bridgehead atoms. The molecule has 0 fully saturated rings. The normalized spacial score (nSPS) is 12.1. The second kappa shape index (κ2) is 7.49. The largest absolute Gasteiger partial charge is 0.508 e. The smallest absolute Gasteiger partial charge is 0.170 e. The van der Waals surface area contributed by atoms with Gasteiger partial charge in [0.25, 0.3) is 0 Å². The molecular formula is C20H18N4O3. The predicted octanol–water partition coefficient (Wildman–Crippen LogP) is 2.92. The highest BCUT2D eigenvalue weighted by Gasteiger charge is 2.07. The topological polar surface area (TPSA) is 137 Å². The van der Waals surface area contributed by atoms with Crippen molar-refractivity contribution in [2.24, 2.45) is 21.8 Å². The van der Waals surface area contributed by atoms with E-state index in [2.05, 4.69) is 10.3 Å². The van der Waals surface area contributed by atoms with Crippen LogP contribution in [-0.4, -0.2) is 27.2 Å². The van der Waals surface area contributed by atoms with E-state index in [1.807, 2.05) is 30.3 Å². The van der Waals surface area contributed by atoms with Gasteiger partial charge in [0.05, 0.1) is 0 Å². The molecule has 136 valence electrons. The molecule has 0 saturated heterocycles. The Kier molecular flexibility index (Phi) is 4.94. The third-order valence-corrected chi connectivity index (χ3v) is 4.16. The van der Waals surface area contributed by atoms with Crippen LogP contribution in [0, 0.1) is 0 Å². The summed E-state index contributed by atoms with van der Waals surface area (Å²) in [6.45, 7) is 0. The molecule has 0 heterocycles. The minimum absolute atomic E-state index is 0.0314. The number of rotatable bonds is 4. The lowest BCUT2D eigenvalue weighted by Crippen LogP contribution is -2.12.